The number of nitriles is 1. The van der Waals surface area contributed by atoms with E-state index < -0.39 is 23.9 Å². The molecule has 0 aliphatic carbocycles. The van der Waals surface area contributed by atoms with Crippen molar-refractivity contribution < 1.29 is 27.4 Å². The fourth-order valence-corrected chi connectivity index (χ4v) is 7.15. The highest BCUT2D eigenvalue weighted by molar-refractivity contribution is 7.98. The van der Waals surface area contributed by atoms with E-state index in [9.17, 15) is 28.0 Å². The van der Waals surface area contributed by atoms with E-state index in [2.05, 4.69) is 9.98 Å². The van der Waals surface area contributed by atoms with Crippen LogP contribution in [0.25, 0.3) is 6.08 Å². The molecule has 13 heteroatoms. The Kier molecular flexibility index (Phi) is 9.50. The van der Waals surface area contributed by atoms with Gasteiger partial charge in [0.25, 0.3) is 5.56 Å². The summed E-state index contributed by atoms with van der Waals surface area (Å²) in [5, 5.41) is 9.56. The molecule has 0 saturated heterocycles. The summed E-state index contributed by atoms with van der Waals surface area (Å²) in [6, 6.07) is 16.5. The van der Waals surface area contributed by atoms with Gasteiger partial charge in [-0.2, -0.15) is 18.4 Å². The number of nitrogens with zero attached hydrogens (tertiary/aromatic N) is 4. The molecule has 5 rings (SSSR count). The number of carbonyl (C=O) groups excluding carboxylic acids is 1. The molecule has 8 nitrogen and oxygen atoms in total. The van der Waals surface area contributed by atoms with Crippen LogP contribution in [0.15, 0.2) is 80.7 Å². The number of methoxy groups -OCH3 is 1. The number of hydrogen-bond donors (Lipinski definition) is 0. The van der Waals surface area contributed by atoms with Crippen molar-refractivity contribution in [1.82, 2.24) is 9.55 Å². The van der Waals surface area contributed by atoms with Crippen molar-refractivity contribution in [2.45, 2.75) is 43.8 Å². The van der Waals surface area contributed by atoms with Crippen LogP contribution in [0.5, 0.6) is 5.75 Å². The number of allylic oxidation sites excluding steroid dienone is 1. The van der Waals surface area contributed by atoms with Crippen LogP contribution < -0.4 is 19.6 Å². The van der Waals surface area contributed by atoms with E-state index in [-0.39, 0.29) is 39.6 Å². The molecule has 1 aliphatic rings. The largest absolute Gasteiger partial charge is 0.496 e. The van der Waals surface area contributed by atoms with Crippen LogP contribution in [0, 0.1) is 18.3 Å². The molecule has 236 valence electrons. The highest BCUT2D eigenvalue weighted by Crippen LogP contribution is 2.35. The van der Waals surface area contributed by atoms with Crippen LogP contribution in [0.4, 0.5) is 13.2 Å². The van der Waals surface area contributed by atoms with Crippen molar-refractivity contribution in [3.8, 4) is 11.8 Å². The van der Waals surface area contributed by atoms with Gasteiger partial charge in [-0.15, -0.1) is 11.8 Å². The average molecular weight is 665 g/mol. The molecule has 1 aliphatic heterocycles. The Labute approximate surface area is 270 Å². The number of aryl methyl sites for hydroxylation is 1. The maximum Gasteiger partial charge on any atom is 0.433 e. The van der Waals surface area contributed by atoms with Gasteiger partial charge in [0.1, 0.15) is 22.5 Å². The first kappa shape index (κ1) is 32.7. The lowest BCUT2D eigenvalue weighted by Crippen LogP contribution is -2.39. The van der Waals surface area contributed by atoms with E-state index in [0.29, 0.717) is 31.9 Å². The minimum absolute atomic E-state index is 0.0377. The van der Waals surface area contributed by atoms with Gasteiger partial charge < -0.3 is 9.47 Å². The van der Waals surface area contributed by atoms with Crippen molar-refractivity contribution in [3.05, 3.63) is 119 Å². The van der Waals surface area contributed by atoms with Crippen LogP contribution in [-0.2, 0) is 21.5 Å². The molecule has 3 heterocycles. The van der Waals surface area contributed by atoms with Gasteiger partial charge in [-0.3, -0.25) is 9.36 Å². The zero-order valence-electron chi connectivity index (χ0n) is 25.1. The summed E-state index contributed by atoms with van der Waals surface area (Å²) in [4.78, 5) is 35.7. The van der Waals surface area contributed by atoms with Gasteiger partial charge in [-0.1, -0.05) is 47.7 Å². The van der Waals surface area contributed by atoms with Crippen LogP contribution in [-0.4, -0.2) is 29.2 Å². The fourth-order valence-electron chi connectivity index (χ4n) is 5.07. The van der Waals surface area contributed by atoms with E-state index in [1.165, 1.54) is 29.9 Å². The van der Waals surface area contributed by atoms with E-state index in [1.54, 1.807) is 38.1 Å². The predicted octanol–water partition coefficient (Wildman–Crippen LogP) is 5.69. The fraction of sp³-hybridized carbons (Fsp3) is 0.242. The number of rotatable bonds is 8. The van der Waals surface area contributed by atoms with Crippen molar-refractivity contribution in [3.63, 3.8) is 0 Å². The maximum absolute atomic E-state index is 13.9. The molecule has 0 fully saturated rings. The van der Waals surface area contributed by atoms with E-state index in [1.807, 2.05) is 36.4 Å². The van der Waals surface area contributed by atoms with Crippen molar-refractivity contribution >= 4 is 35.1 Å². The molecule has 4 aromatic rings. The van der Waals surface area contributed by atoms with Crippen molar-refractivity contribution in [1.29, 1.82) is 5.26 Å². The molecule has 0 saturated carbocycles. The summed E-state index contributed by atoms with van der Waals surface area (Å²) < 4.78 is 53.0. The third kappa shape index (κ3) is 6.49. The van der Waals surface area contributed by atoms with Gasteiger partial charge in [-0.25, -0.2) is 14.8 Å². The number of ether oxygens (including phenoxy) is 2. The third-order valence-electron chi connectivity index (χ3n) is 7.18. The Morgan fingerprint density at radius 2 is 1.91 bits per heavy atom. The number of thiazole rings is 1. The second kappa shape index (κ2) is 13.4. The second-order valence-corrected chi connectivity index (χ2v) is 12.2. The number of fused-ring (bicyclic) bond motifs is 1. The molecule has 46 heavy (non-hydrogen) atoms. The van der Waals surface area contributed by atoms with Gasteiger partial charge in [0.15, 0.2) is 4.80 Å². The number of halogens is 3. The Bertz CT molecular complexity index is 2080. The van der Waals surface area contributed by atoms with Crippen molar-refractivity contribution in [2.24, 2.45) is 4.99 Å². The molecule has 0 amide bonds. The van der Waals surface area contributed by atoms with Gasteiger partial charge in [-0.05, 0) is 61.7 Å². The normalized spacial score (nSPS) is 14.8. The number of alkyl halides is 3. The zero-order valence-corrected chi connectivity index (χ0v) is 26.8. The Morgan fingerprint density at radius 3 is 2.57 bits per heavy atom. The number of carbonyl (C=O) groups is 1. The molecule has 0 N–H and O–H groups in total. The lowest BCUT2D eigenvalue weighted by atomic mass is 9.96. The maximum atomic E-state index is 13.9. The Morgan fingerprint density at radius 1 is 1.17 bits per heavy atom. The lowest BCUT2D eigenvalue weighted by Gasteiger charge is -2.24. The first-order valence-electron chi connectivity index (χ1n) is 14.0. The molecule has 0 spiro atoms. The highest BCUT2D eigenvalue weighted by Gasteiger charge is 2.35. The lowest BCUT2D eigenvalue weighted by molar-refractivity contribution is -0.141. The number of pyridine rings is 1. The summed E-state index contributed by atoms with van der Waals surface area (Å²) in [7, 11) is 1.47. The Hall–Kier alpha value is -4.67. The summed E-state index contributed by atoms with van der Waals surface area (Å²) in [6.45, 7) is 5.03. The SMILES string of the molecule is CCOC(=O)C1=C(C)N=c2s/c(=C/c3ccc(OC)c(CSc4nc(C(F)(F)F)cc(C)c4C#N)c3)c(=O)n2C1c1ccccc1. The zero-order chi connectivity index (χ0) is 33.2. The molecular formula is C33H27F3N4O4S2. The number of thioether (sulfide) groups is 1. The number of esters is 1. The monoisotopic (exact) mass is 664 g/mol. The highest BCUT2D eigenvalue weighted by atomic mass is 32.2. The summed E-state index contributed by atoms with van der Waals surface area (Å²) in [5.74, 6) is 0.0752. The van der Waals surface area contributed by atoms with Crippen molar-refractivity contribution in [2.75, 3.05) is 13.7 Å². The van der Waals surface area contributed by atoms with Crippen LogP contribution in [0.3, 0.4) is 0 Å². The molecule has 1 unspecified atom stereocenters. The number of aromatic nitrogens is 2. The van der Waals surface area contributed by atoms with Crippen LogP contribution in [0.1, 0.15) is 53.4 Å². The van der Waals surface area contributed by atoms with Gasteiger partial charge in [0.2, 0.25) is 0 Å². The van der Waals surface area contributed by atoms with Gasteiger partial charge in [0, 0.05) is 11.3 Å². The first-order valence-corrected chi connectivity index (χ1v) is 15.8. The Balaban J connectivity index is 1.56. The summed E-state index contributed by atoms with van der Waals surface area (Å²) >= 11 is 2.16. The predicted molar refractivity (Wildman–Crippen MR) is 168 cm³/mol. The third-order valence-corrected chi connectivity index (χ3v) is 9.19. The molecule has 2 aromatic carbocycles. The minimum Gasteiger partial charge on any atom is -0.496 e. The molecule has 0 bridgehead atoms. The smallest absolute Gasteiger partial charge is 0.433 e. The van der Waals surface area contributed by atoms with Crippen LogP contribution >= 0.6 is 23.1 Å². The minimum atomic E-state index is -4.66. The van der Waals surface area contributed by atoms with Crippen LogP contribution in [0.2, 0.25) is 0 Å². The first-order chi connectivity index (χ1) is 22.0. The summed E-state index contributed by atoms with van der Waals surface area (Å²) in [6.07, 6.45) is -2.97. The standard InChI is InChI=1S/C33H27F3N4O4S2/c1-5-44-31(42)27-19(3)38-32-40(28(27)21-9-7-6-8-10-21)30(41)25(46-32)15-20-11-12-24(43-4)22(14-20)17-45-29-23(16-37)18(2)13-26(39-29)33(34,35)36/h6-15,28H,5,17H2,1-4H3/b25-15+. The molecular weight excluding hydrogens is 638 g/mol. The van der Waals surface area contributed by atoms with E-state index in [4.69, 9.17) is 9.47 Å². The number of hydrogen-bond acceptors (Lipinski definition) is 9. The van der Waals surface area contributed by atoms with E-state index in [0.717, 1.165) is 23.4 Å². The molecule has 0 radical (unpaired) electrons. The van der Waals surface area contributed by atoms with Gasteiger partial charge >= 0.3 is 12.1 Å². The van der Waals surface area contributed by atoms with E-state index >= 15 is 0 Å². The molecule has 1 atom stereocenters. The average Bonchev–Trinajstić information content (AvgIpc) is 3.32. The van der Waals surface area contributed by atoms with Gasteiger partial charge in [0.05, 0.1) is 41.1 Å². The second-order valence-electron chi connectivity index (χ2n) is 10.2. The quantitative estimate of drug-likeness (QED) is 0.176. The number of benzene rings is 2. The summed E-state index contributed by atoms with van der Waals surface area (Å²) in [5.41, 5.74) is 1.55. The topological polar surface area (TPSA) is 107 Å². The molecule has 2 aromatic heterocycles.